The fraction of sp³-hybridized carbons (Fsp3) is 0.250. The molecule has 1 unspecified atom stereocenters. The summed E-state index contributed by atoms with van der Waals surface area (Å²) in [5, 5.41) is 1.64. The number of nitrogens with one attached hydrogen (secondary N) is 1. The maximum atomic E-state index is 12.1. The number of carbonyl (C=O) groups is 2. The molecule has 6 nitrogen and oxygen atoms in total. The fourth-order valence-electron chi connectivity index (χ4n) is 3.35. The number of amides is 2. The highest BCUT2D eigenvalue weighted by atomic mass is 32.2. The van der Waals surface area contributed by atoms with Crippen LogP contribution >= 0.6 is 11.8 Å². The Morgan fingerprint density at radius 1 is 1.26 bits per heavy atom. The maximum absolute atomic E-state index is 12.1. The topological polar surface area (TPSA) is 69.0 Å². The first-order valence-corrected chi connectivity index (χ1v) is 9.37. The van der Waals surface area contributed by atoms with Gasteiger partial charge in [0.15, 0.2) is 5.69 Å². The molecule has 2 amide bonds. The Hall–Kier alpha value is -2.98. The van der Waals surface area contributed by atoms with E-state index in [9.17, 15) is 9.59 Å². The van der Waals surface area contributed by atoms with Crippen LogP contribution in [0.25, 0.3) is 4.85 Å². The summed E-state index contributed by atoms with van der Waals surface area (Å²) in [6.07, 6.45) is 0.683. The molecular formula is C20H16N2O4S. The van der Waals surface area contributed by atoms with Gasteiger partial charge in [-0.15, -0.1) is 0 Å². The van der Waals surface area contributed by atoms with Gasteiger partial charge in [0.25, 0.3) is 5.24 Å². The van der Waals surface area contributed by atoms with Crippen LogP contribution in [-0.2, 0) is 4.79 Å². The van der Waals surface area contributed by atoms with Gasteiger partial charge in [0.2, 0.25) is 5.91 Å². The van der Waals surface area contributed by atoms with Crippen molar-refractivity contribution in [3.63, 3.8) is 0 Å². The quantitative estimate of drug-likeness (QED) is 0.791. The molecule has 2 aliphatic rings. The average molecular weight is 380 g/mol. The number of ether oxygens (including phenoxy) is 2. The molecule has 2 aromatic carbocycles. The molecule has 27 heavy (non-hydrogen) atoms. The number of benzene rings is 2. The first-order valence-electron chi connectivity index (χ1n) is 8.49. The zero-order valence-corrected chi connectivity index (χ0v) is 15.3. The molecule has 7 heteroatoms. The van der Waals surface area contributed by atoms with Gasteiger partial charge in [0.1, 0.15) is 22.5 Å². The summed E-state index contributed by atoms with van der Waals surface area (Å²) in [5.41, 5.74) is 2.35. The van der Waals surface area contributed by atoms with Crippen LogP contribution in [0.1, 0.15) is 23.5 Å². The molecule has 1 N–H and O–H groups in total. The second-order valence-corrected chi connectivity index (χ2v) is 7.54. The van der Waals surface area contributed by atoms with E-state index in [-0.39, 0.29) is 17.1 Å². The lowest BCUT2D eigenvalue weighted by Crippen LogP contribution is -2.31. The molecule has 4 rings (SSSR count). The second kappa shape index (κ2) is 6.97. The van der Waals surface area contributed by atoms with Crippen molar-refractivity contribution in [2.75, 3.05) is 6.61 Å². The molecule has 0 aromatic heterocycles. The van der Waals surface area contributed by atoms with Crippen molar-refractivity contribution < 1.29 is 19.1 Å². The van der Waals surface area contributed by atoms with Crippen LogP contribution in [0.3, 0.4) is 0 Å². The van der Waals surface area contributed by atoms with Gasteiger partial charge in [-0.1, -0.05) is 23.9 Å². The van der Waals surface area contributed by atoms with Gasteiger partial charge in [-0.25, -0.2) is 4.85 Å². The van der Waals surface area contributed by atoms with E-state index in [1.807, 2.05) is 25.1 Å². The Balaban J connectivity index is 1.59. The minimum Gasteiger partial charge on any atom is -0.493 e. The Labute approximate surface area is 160 Å². The van der Waals surface area contributed by atoms with Crippen LogP contribution in [0.5, 0.6) is 17.2 Å². The van der Waals surface area contributed by atoms with Crippen molar-refractivity contribution in [3.05, 3.63) is 58.9 Å². The zero-order chi connectivity index (χ0) is 19.0. The number of nitrogens with zero attached hydrogens (tertiary/aromatic N) is 1. The van der Waals surface area contributed by atoms with Crippen LogP contribution in [0, 0.1) is 13.5 Å². The molecule has 0 saturated carbocycles. The van der Waals surface area contributed by atoms with Crippen molar-refractivity contribution in [1.82, 2.24) is 5.32 Å². The summed E-state index contributed by atoms with van der Waals surface area (Å²) in [4.78, 5) is 27.0. The summed E-state index contributed by atoms with van der Waals surface area (Å²) in [7, 11) is 0. The van der Waals surface area contributed by atoms with Crippen molar-refractivity contribution in [2.45, 2.75) is 24.5 Å². The lowest BCUT2D eigenvalue weighted by atomic mass is 9.89. The molecule has 1 fully saturated rings. The number of imide groups is 1. The van der Waals surface area contributed by atoms with Crippen molar-refractivity contribution in [3.8, 4) is 17.2 Å². The summed E-state index contributed by atoms with van der Waals surface area (Å²) < 4.78 is 11.7. The highest BCUT2D eigenvalue weighted by molar-refractivity contribution is 8.15. The Bertz CT molecular complexity index is 982. The highest BCUT2D eigenvalue weighted by Crippen LogP contribution is 2.43. The molecule has 0 bridgehead atoms. The summed E-state index contributed by atoms with van der Waals surface area (Å²) >= 11 is 1.05. The van der Waals surface area contributed by atoms with E-state index < -0.39 is 5.25 Å². The molecule has 136 valence electrons. The number of fused-ring (bicyclic) bond motifs is 1. The molecule has 2 aliphatic heterocycles. The SMILES string of the molecule is [C-]#[N+]c1ccc(Oc2ccc3c(c2)OCC[C@H]3C2SC(=O)NC2=O)c(C)c1. The molecular weight excluding hydrogens is 364 g/mol. The zero-order valence-electron chi connectivity index (χ0n) is 14.5. The number of aryl methyl sites for hydroxylation is 1. The smallest absolute Gasteiger partial charge is 0.286 e. The van der Waals surface area contributed by atoms with Gasteiger partial charge in [0, 0.05) is 12.0 Å². The van der Waals surface area contributed by atoms with Gasteiger partial charge >= 0.3 is 0 Å². The van der Waals surface area contributed by atoms with E-state index in [0.29, 0.717) is 36.0 Å². The standard InChI is InChI=1S/C20H16N2O4S/c1-11-9-12(21-2)3-6-16(11)26-13-4-5-14-15(7-8-25-17(14)10-13)18-19(23)22-20(24)27-18/h3-6,9-10,15,18H,7-8H2,1H3,(H,22,23,24)/t15-,18?/m1/s1. The second-order valence-electron chi connectivity index (χ2n) is 6.42. The van der Waals surface area contributed by atoms with E-state index in [2.05, 4.69) is 10.2 Å². The first kappa shape index (κ1) is 17.4. The number of thioether (sulfide) groups is 1. The summed E-state index contributed by atoms with van der Waals surface area (Å²) in [6.45, 7) is 9.44. The predicted octanol–water partition coefficient (Wildman–Crippen LogP) is 4.56. The van der Waals surface area contributed by atoms with E-state index in [1.165, 1.54) is 0 Å². The van der Waals surface area contributed by atoms with E-state index >= 15 is 0 Å². The molecule has 2 aromatic rings. The largest absolute Gasteiger partial charge is 0.493 e. The molecule has 2 atom stereocenters. The van der Waals surface area contributed by atoms with Gasteiger partial charge in [0.05, 0.1) is 13.2 Å². The van der Waals surface area contributed by atoms with Crippen LogP contribution in [0.15, 0.2) is 36.4 Å². The van der Waals surface area contributed by atoms with Gasteiger partial charge < -0.3 is 9.47 Å². The third-order valence-electron chi connectivity index (χ3n) is 4.67. The molecule has 0 spiro atoms. The third-order valence-corrected chi connectivity index (χ3v) is 5.78. The number of carbonyl (C=O) groups excluding carboxylic acids is 2. The van der Waals surface area contributed by atoms with Gasteiger partial charge in [-0.2, -0.15) is 0 Å². The predicted molar refractivity (Wildman–Crippen MR) is 102 cm³/mol. The van der Waals surface area contributed by atoms with Gasteiger partial charge in [-0.05, 0) is 42.7 Å². The summed E-state index contributed by atoms with van der Waals surface area (Å²) in [5.74, 6) is 1.66. The monoisotopic (exact) mass is 380 g/mol. The molecule has 1 saturated heterocycles. The lowest BCUT2D eigenvalue weighted by Gasteiger charge is -2.28. The van der Waals surface area contributed by atoms with E-state index in [4.69, 9.17) is 16.0 Å². The number of hydrogen-bond donors (Lipinski definition) is 1. The Morgan fingerprint density at radius 2 is 2.11 bits per heavy atom. The van der Waals surface area contributed by atoms with Crippen LogP contribution < -0.4 is 14.8 Å². The number of hydrogen-bond acceptors (Lipinski definition) is 5. The fourth-order valence-corrected chi connectivity index (χ4v) is 4.36. The van der Waals surface area contributed by atoms with Gasteiger partial charge in [-0.3, -0.25) is 14.9 Å². The van der Waals surface area contributed by atoms with Crippen LogP contribution in [-0.4, -0.2) is 23.0 Å². The number of rotatable bonds is 3. The molecule has 2 heterocycles. The average Bonchev–Trinajstić information content (AvgIpc) is 3.00. The molecule has 0 radical (unpaired) electrons. The Morgan fingerprint density at radius 3 is 2.81 bits per heavy atom. The Kier molecular flexibility index (Phi) is 4.50. The minimum absolute atomic E-state index is 0.0704. The maximum Gasteiger partial charge on any atom is 0.286 e. The van der Waals surface area contributed by atoms with E-state index in [1.54, 1.807) is 18.2 Å². The van der Waals surface area contributed by atoms with Crippen LogP contribution in [0.4, 0.5) is 10.5 Å². The molecule has 0 aliphatic carbocycles. The summed E-state index contributed by atoms with van der Waals surface area (Å²) in [6, 6.07) is 10.8. The third kappa shape index (κ3) is 3.36. The van der Waals surface area contributed by atoms with Crippen molar-refractivity contribution in [2.24, 2.45) is 0 Å². The lowest BCUT2D eigenvalue weighted by molar-refractivity contribution is -0.119. The van der Waals surface area contributed by atoms with Crippen molar-refractivity contribution in [1.29, 1.82) is 0 Å². The van der Waals surface area contributed by atoms with Crippen LogP contribution in [0.2, 0.25) is 0 Å². The normalized spacial score (nSPS) is 21.0. The highest BCUT2D eigenvalue weighted by Gasteiger charge is 2.40. The first-order chi connectivity index (χ1) is 13.0. The van der Waals surface area contributed by atoms with Crippen molar-refractivity contribution >= 4 is 28.6 Å². The minimum atomic E-state index is -0.421. The van der Waals surface area contributed by atoms with E-state index in [0.717, 1.165) is 22.9 Å².